The summed E-state index contributed by atoms with van der Waals surface area (Å²) in [4.78, 5) is 4.47. The summed E-state index contributed by atoms with van der Waals surface area (Å²) in [5, 5.41) is 3.52. The van der Waals surface area contributed by atoms with E-state index in [1.54, 1.807) is 34.9 Å². The van der Waals surface area contributed by atoms with Crippen molar-refractivity contribution in [2.75, 3.05) is 19.6 Å². The number of aromatic nitrogens is 1. The third-order valence-electron chi connectivity index (χ3n) is 6.17. The third-order valence-corrected chi connectivity index (χ3v) is 8.13. The lowest BCUT2D eigenvalue weighted by Gasteiger charge is -2.35. The van der Waals surface area contributed by atoms with Gasteiger partial charge < -0.3 is 0 Å². The second kappa shape index (κ2) is 11.2. The van der Waals surface area contributed by atoms with Crippen LogP contribution < -0.4 is 5.84 Å². The molecular formula is C23H36N4O2S. The minimum atomic E-state index is -3.52. The maximum absolute atomic E-state index is 13.3. The maximum Gasteiger partial charge on any atom is 0.243 e. The normalized spacial score (nSPS) is 16.5. The van der Waals surface area contributed by atoms with Crippen molar-refractivity contribution in [1.29, 1.82) is 0 Å². The molecule has 2 N–H and O–H groups in total. The molecule has 1 saturated heterocycles. The number of piperidine rings is 1. The molecule has 0 radical (unpaired) electrons. The third kappa shape index (κ3) is 5.78. The van der Waals surface area contributed by atoms with E-state index in [0.29, 0.717) is 18.0 Å². The number of rotatable bonds is 11. The van der Waals surface area contributed by atoms with Gasteiger partial charge in [-0.05, 0) is 31.4 Å². The molecule has 0 unspecified atom stereocenters. The van der Waals surface area contributed by atoms with E-state index in [2.05, 4.69) is 11.9 Å². The average Bonchev–Trinajstić information content (AvgIpc) is 2.78. The molecular weight excluding hydrogens is 396 g/mol. The summed E-state index contributed by atoms with van der Waals surface area (Å²) >= 11 is 0. The molecule has 3 rings (SSSR count). The molecule has 1 aromatic carbocycles. The number of nitrogens with zero attached hydrogens (tertiary/aromatic N) is 3. The first-order valence-corrected chi connectivity index (χ1v) is 12.8. The summed E-state index contributed by atoms with van der Waals surface area (Å²) in [5.41, 5.74) is 0. The fourth-order valence-corrected chi connectivity index (χ4v) is 5.99. The zero-order valence-electron chi connectivity index (χ0n) is 18.2. The van der Waals surface area contributed by atoms with Crippen LogP contribution in [-0.4, -0.2) is 48.4 Å². The molecule has 2 heterocycles. The lowest BCUT2D eigenvalue weighted by Crippen LogP contribution is -2.49. The summed E-state index contributed by atoms with van der Waals surface area (Å²) in [7, 11) is -3.52. The van der Waals surface area contributed by atoms with Crippen molar-refractivity contribution in [2.45, 2.75) is 75.6 Å². The van der Waals surface area contributed by atoms with Crippen molar-refractivity contribution in [3.8, 4) is 0 Å². The molecule has 1 fully saturated rings. The van der Waals surface area contributed by atoms with E-state index in [9.17, 15) is 8.42 Å². The van der Waals surface area contributed by atoms with Crippen LogP contribution in [0.3, 0.4) is 0 Å². The fourth-order valence-electron chi connectivity index (χ4n) is 4.31. The van der Waals surface area contributed by atoms with Gasteiger partial charge in [0.1, 0.15) is 0 Å². The van der Waals surface area contributed by atoms with Gasteiger partial charge in [-0.25, -0.2) is 13.4 Å². The quantitative estimate of drug-likeness (QED) is 0.325. The second-order valence-corrected chi connectivity index (χ2v) is 10.3. The maximum atomic E-state index is 13.3. The van der Waals surface area contributed by atoms with Gasteiger partial charge in [0.05, 0.1) is 4.90 Å². The Hall–Kier alpha value is -1.54. The van der Waals surface area contributed by atoms with E-state index < -0.39 is 10.0 Å². The SMILES string of the molecule is CCCCCCCCCN(N)C1CCN(S(=O)(=O)c2cccc3cnccc23)CC1. The zero-order chi connectivity index (χ0) is 21.4. The van der Waals surface area contributed by atoms with Crippen LogP contribution in [0.5, 0.6) is 0 Å². The van der Waals surface area contributed by atoms with Crippen LogP contribution in [0.4, 0.5) is 0 Å². The van der Waals surface area contributed by atoms with Crippen LogP contribution in [0.25, 0.3) is 10.8 Å². The van der Waals surface area contributed by atoms with Crippen molar-refractivity contribution in [3.63, 3.8) is 0 Å². The van der Waals surface area contributed by atoms with Gasteiger partial charge in [-0.1, -0.05) is 57.6 Å². The zero-order valence-corrected chi connectivity index (χ0v) is 19.0. The lowest BCUT2D eigenvalue weighted by molar-refractivity contribution is 0.138. The number of nitrogens with two attached hydrogens (primary N) is 1. The molecule has 0 aliphatic carbocycles. The van der Waals surface area contributed by atoms with Gasteiger partial charge in [-0.3, -0.25) is 10.8 Å². The van der Waals surface area contributed by atoms with E-state index in [4.69, 9.17) is 5.84 Å². The van der Waals surface area contributed by atoms with Crippen LogP contribution in [0.2, 0.25) is 0 Å². The Balaban J connectivity index is 1.50. The van der Waals surface area contributed by atoms with Gasteiger partial charge in [0.2, 0.25) is 10.0 Å². The summed E-state index contributed by atoms with van der Waals surface area (Å²) in [6.45, 7) is 4.16. The standard InChI is InChI=1S/C23H36N4O2S/c1-2-3-4-5-6-7-8-16-27(24)21-13-17-26(18-14-21)30(28,29)23-11-9-10-20-19-25-15-12-22(20)23/h9-12,15,19,21H,2-8,13-14,16-18,24H2,1H3. The Bertz CT molecular complexity index is 890. The largest absolute Gasteiger partial charge is 0.269 e. The van der Waals surface area contributed by atoms with Crippen LogP contribution in [-0.2, 0) is 10.0 Å². The number of unbranched alkanes of at least 4 members (excludes halogenated alkanes) is 6. The smallest absolute Gasteiger partial charge is 0.243 e. The molecule has 0 amide bonds. The molecule has 1 aliphatic heterocycles. The van der Waals surface area contributed by atoms with Gasteiger partial charge in [-0.2, -0.15) is 4.31 Å². The van der Waals surface area contributed by atoms with Crippen molar-refractivity contribution < 1.29 is 8.42 Å². The molecule has 0 saturated carbocycles. The van der Waals surface area contributed by atoms with Crippen molar-refractivity contribution in [2.24, 2.45) is 5.84 Å². The second-order valence-electron chi connectivity index (χ2n) is 8.35. The number of fused-ring (bicyclic) bond motifs is 1. The van der Waals surface area contributed by atoms with Gasteiger partial charge >= 0.3 is 0 Å². The topological polar surface area (TPSA) is 79.5 Å². The predicted octanol–water partition coefficient (Wildman–Crippen LogP) is 4.31. The van der Waals surface area contributed by atoms with Crippen LogP contribution in [0.15, 0.2) is 41.6 Å². The van der Waals surface area contributed by atoms with E-state index in [1.165, 1.54) is 38.5 Å². The monoisotopic (exact) mass is 432 g/mol. The van der Waals surface area contributed by atoms with Crippen LogP contribution in [0.1, 0.15) is 64.7 Å². The van der Waals surface area contributed by atoms with Crippen molar-refractivity contribution in [1.82, 2.24) is 14.3 Å². The highest BCUT2D eigenvalue weighted by Crippen LogP contribution is 2.27. The first-order valence-electron chi connectivity index (χ1n) is 11.4. The highest BCUT2D eigenvalue weighted by molar-refractivity contribution is 7.89. The van der Waals surface area contributed by atoms with E-state index >= 15 is 0 Å². The highest BCUT2D eigenvalue weighted by Gasteiger charge is 2.31. The number of sulfonamides is 1. The van der Waals surface area contributed by atoms with E-state index in [-0.39, 0.29) is 6.04 Å². The van der Waals surface area contributed by atoms with Gasteiger partial charge in [0, 0.05) is 48.8 Å². The van der Waals surface area contributed by atoms with Crippen molar-refractivity contribution in [3.05, 3.63) is 36.7 Å². The number of hydrazine groups is 1. The molecule has 0 bridgehead atoms. The predicted molar refractivity (Wildman–Crippen MR) is 122 cm³/mol. The minimum absolute atomic E-state index is 0.258. The van der Waals surface area contributed by atoms with Crippen molar-refractivity contribution >= 4 is 20.8 Å². The molecule has 30 heavy (non-hydrogen) atoms. The molecule has 7 heteroatoms. The Morgan fingerprint density at radius 2 is 1.77 bits per heavy atom. The van der Waals surface area contributed by atoms with Gasteiger partial charge in [0.25, 0.3) is 0 Å². The van der Waals surface area contributed by atoms with E-state index in [0.717, 1.165) is 36.6 Å². The number of pyridine rings is 1. The van der Waals surface area contributed by atoms with Gasteiger partial charge in [0.15, 0.2) is 0 Å². The summed E-state index contributed by atoms with van der Waals surface area (Å²) in [5.74, 6) is 6.31. The Kier molecular flexibility index (Phi) is 8.62. The number of benzene rings is 1. The Morgan fingerprint density at radius 3 is 2.50 bits per heavy atom. The molecule has 166 valence electrons. The Labute approximate surface area is 181 Å². The van der Waals surface area contributed by atoms with E-state index in [1.807, 2.05) is 11.1 Å². The number of hydrogen-bond donors (Lipinski definition) is 1. The lowest BCUT2D eigenvalue weighted by atomic mass is 10.1. The molecule has 2 aromatic rings. The average molecular weight is 433 g/mol. The Morgan fingerprint density at radius 1 is 1.07 bits per heavy atom. The minimum Gasteiger partial charge on any atom is -0.269 e. The fraction of sp³-hybridized carbons (Fsp3) is 0.609. The molecule has 1 aromatic heterocycles. The molecule has 1 aliphatic rings. The first-order chi connectivity index (χ1) is 14.5. The molecule has 0 spiro atoms. The summed E-state index contributed by atoms with van der Waals surface area (Å²) in [6.07, 6.45) is 13.8. The molecule has 6 nitrogen and oxygen atoms in total. The number of hydrogen-bond acceptors (Lipinski definition) is 5. The van der Waals surface area contributed by atoms with Gasteiger partial charge in [-0.15, -0.1) is 0 Å². The van der Waals surface area contributed by atoms with Crippen LogP contribution in [0, 0.1) is 0 Å². The molecule has 0 atom stereocenters. The highest BCUT2D eigenvalue weighted by atomic mass is 32.2. The summed E-state index contributed by atoms with van der Waals surface area (Å²) < 4.78 is 28.1. The first kappa shape index (κ1) is 23.1. The summed E-state index contributed by atoms with van der Waals surface area (Å²) in [6, 6.07) is 7.41. The van der Waals surface area contributed by atoms with Crippen LogP contribution >= 0.6 is 0 Å².